The summed E-state index contributed by atoms with van der Waals surface area (Å²) in [6, 6.07) is 4.46. The molecule has 2 aromatic rings. The number of nitrogens with one attached hydrogen (secondary N) is 1. The number of ether oxygens (including phenoxy) is 2. The van der Waals surface area contributed by atoms with E-state index in [1.54, 1.807) is 16.9 Å². The third kappa shape index (κ3) is 6.36. The number of anilines is 1. The summed E-state index contributed by atoms with van der Waals surface area (Å²) in [5.41, 5.74) is 1.45. The lowest BCUT2D eigenvalue weighted by atomic mass is 9.92. The number of benzene rings is 1. The van der Waals surface area contributed by atoms with Crippen molar-refractivity contribution in [3.05, 3.63) is 41.4 Å². The van der Waals surface area contributed by atoms with Crippen molar-refractivity contribution >= 4 is 23.2 Å². The van der Waals surface area contributed by atoms with Crippen LogP contribution in [0.25, 0.3) is 5.69 Å². The van der Waals surface area contributed by atoms with Crippen molar-refractivity contribution in [2.24, 2.45) is 0 Å². The molecule has 1 aliphatic carbocycles. The molecule has 0 radical (unpaired) electrons. The van der Waals surface area contributed by atoms with E-state index < -0.39 is 24.4 Å². The van der Waals surface area contributed by atoms with Crippen LogP contribution in [0.3, 0.4) is 0 Å². The van der Waals surface area contributed by atoms with Crippen molar-refractivity contribution in [3.8, 4) is 5.69 Å². The molecule has 1 aromatic carbocycles. The number of piperidine rings is 1. The van der Waals surface area contributed by atoms with Crippen LogP contribution in [0, 0.1) is 5.82 Å². The maximum atomic E-state index is 13.7. The first-order valence-corrected chi connectivity index (χ1v) is 10.9. The largest absolute Gasteiger partial charge is 0.522 e. The van der Waals surface area contributed by atoms with Crippen molar-refractivity contribution in [1.29, 1.82) is 0 Å². The van der Waals surface area contributed by atoms with Gasteiger partial charge in [0, 0.05) is 38.0 Å². The molecule has 1 amide bonds. The Labute approximate surface area is 192 Å². The van der Waals surface area contributed by atoms with Gasteiger partial charge in [0.15, 0.2) is 0 Å². The van der Waals surface area contributed by atoms with Gasteiger partial charge in [-0.15, -0.1) is 13.2 Å². The van der Waals surface area contributed by atoms with Gasteiger partial charge in [-0.25, -0.2) is 9.07 Å². The highest BCUT2D eigenvalue weighted by Crippen LogP contribution is 2.32. The summed E-state index contributed by atoms with van der Waals surface area (Å²) in [7, 11) is 0. The fourth-order valence-corrected chi connectivity index (χ4v) is 4.05. The van der Waals surface area contributed by atoms with Crippen LogP contribution in [0.2, 0.25) is 5.02 Å². The Morgan fingerprint density at radius 3 is 2.58 bits per heavy atom. The van der Waals surface area contributed by atoms with Crippen molar-refractivity contribution < 1.29 is 31.8 Å². The summed E-state index contributed by atoms with van der Waals surface area (Å²) in [6.45, 7) is 1.21. The quantitative estimate of drug-likeness (QED) is 0.597. The molecule has 1 N–H and O–H groups in total. The van der Waals surface area contributed by atoms with Gasteiger partial charge < -0.3 is 15.0 Å². The predicted molar refractivity (Wildman–Crippen MR) is 112 cm³/mol. The molecule has 33 heavy (non-hydrogen) atoms. The zero-order valence-electron chi connectivity index (χ0n) is 17.5. The van der Waals surface area contributed by atoms with Gasteiger partial charge in [-0.1, -0.05) is 11.6 Å². The number of nitrogens with zero attached hydrogens (tertiary/aromatic N) is 3. The summed E-state index contributed by atoms with van der Waals surface area (Å²) >= 11 is 5.72. The van der Waals surface area contributed by atoms with Gasteiger partial charge in [-0.05, 0) is 25.0 Å². The summed E-state index contributed by atoms with van der Waals surface area (Å²) in [4.78, 5) is 14.2. The van der Waals surface area contributed by atoms with E-state index in [4.69, 9.17) is 16.3 Å². The van der Waals surface area contributed by atoms with E-state index in [0.29, 0.717) is 18.8 Å². The lowest BCUT2D eigenvalue weighted by molar-refractivity contribution is -0.357. The smallest absolute Gasteiger partial charge is 0.369 e. The van der Waals surface area contributed by atoms with Gasteiger partial charge in [0.2, 0.25) is 5.91 Å². The molecule has 1 aliphatic heterocycles. The van der Waals surface area contributed by atoms with Crippen molar-refractivity contribution in [3.63, 3.8) is 0 Å². The summed E-state index contributed by atoms with van der Waals surface area (Å²) in [6.07, 6.45) is -0.731. The van der Waals surface area contributed by atoms with Crippen LogP contribution in [0.15, 0.2) is 30.6 Å². The SMILES string of the molecule is O=C(COC1CC(OC(F)(F)F)C1)NC1CCN(c2cnn(-c3ccc(Cl)c(F)c3)c2)CC1. The van der Waals surface area contributed by atoms with Gasteiger partial charge in [-0.3, -0.25) is 9.53 Å². The average molecular weight is 491 g/mol. The molecule has 1 saturated heterocycles. The van der Waals surface area contributed by atoms with Crippen LogP contribution in [0.4, 0.5) is 23.2 Å². The normalized spacial score (nSPS) is 21.7. The number of amides is 1. The Hall–Kier alpha value is -2.37. The van der Waals surface area contributed by atoms with Crippen molar-refractivity contribution in [2.75, 3.05) is 24.6 Å². The van der Waals surface area contributed by atoms with E-state index in [0.717, 1.165) is 18.5 Å². The van der Waals surface area contributed by atoms with Crippen LogP contribution in [-0.2, 0) is 14.3 Å². The minimum absolute atomic E-state index is 0.0135. The second kappa shape index (κ2) is 9.86. The maximum absolute atomic E-state index is 13.7. The monoisotopic (exact) mass is 490 g/mol. The third-order valence-electron chi connectivity index (χ3n) is 5.76. The van der Waals surface area contributed by atoms with E-state index in [9.17, 15) is 22.4 Å². The molecule has 0 atom stereocenters. The Balaban J connectivity index is 1.17. The highest BCUT2D eigenvalue weighted by Gasteiger charge is 2.40. The highest BCUT2D eigenvalue weighted by atomic mass is 35.5. The summed E-state index contributed by atoms with van der Waals surface area (Å²) in [5, 5.41) is 7.25. The number of carbonyl (C=O) groups is 1. The molecule has 0 unspecified atom stereocenters. The Morgan fingerprint density at radius 1 is 1.18 bits per heavy atom. The first-order valence-electron chi connectivity index (χ1n) is 10.6. The Kier molecular flexibility index (Phi) is 7.10. The molecular formula is C21H23ClF4N4O3. The number of rotatable bonds is 7. The molecule has 4 rings (SSSR count). The summed E-state index contributed by atoms with van der Waals surface area (Å²) < 4.78 is 60.9. The third-order valence-corrected chi connectivity index (χ3v) is 6.07. The van der Waals surface area contributed by atoms with Crippen LogP contribution >= 0.6 is 11.6 Å². The topological polar surface area (TPSA) is 68.6 Å². The highest BCUT2D eigenvalue weighted by molar-refractivity contribution is 6.30. The fourth-order valence-electron chi connectivity index (χ4n) is 3.93. The Morgan fingerprint density at radius 2 is 1.91 bits per heavy atom. The first-order chi connectivity index (χ1) is 15.7. The summed E-state index contributed by atoms with van der Waals surface area (Å²) in [5.74, 6) is -0.801. The lowest BCUT2D eigenvalue weighted by Crippen LogP contribution is -2.47. The maximum Gasteiger partial charge on any atom is 0.522 e. The van der Waals surface area contributed by atoms with Crippen LogP contribution < -0.4 is 10.2 Å². The molecular weight excluding hydrogens is 468 g/mol. The van der Waals surface area contributed by atoms with Gasteiger partial charge in [0.25, 0.3) is 0 Å². The molecule has 1 aromatic heterocycles. The molecule has 2 aliphatic rings. The average Bonchev–Trinajstić information content (AvgIpc) is 3.21. The van der Waals surface area contributed by atoms with Crippen LogP contribution in [-0.4, -0.2) is 60.0 Å². The predicted octanol–water partition coefficient (Wildman–Crippen LogP) is 3.83. The molecule has 12 heteroatoms. The molecule has 1 saturated carbocycles. The van der Waals surface area contributed by atoms with E-state index in [2.05, 4.69) is 20.1 Å². The van der Waals surface area contributed by atoms with Crippen LogP contribution in [0.1, 0.15) is 25.7 Å². The van der Waals surface area contributed by atoms with E-state index in [-0.39, 0.29) is 36.4 Å². The van der Waals surface area contributed by atoms with Crippen LogP contribution in [0.5, 0.6) is 0 Å². The molecule has 2 heterocycles. The standard InChI is InChI=1S/C21H23ClF4N4O3/c22-18-2-1-14(7-19(18)23)30-11-15(10-27-30)29-5-3-13(4-6-29)28-20(31)12-32-16-8-17(9-16)33-21(24,25)26/h1-2,7,10-11,13,16-17H,3-6,8-9,12H2,(H,28,31). The van der Waals surface area contributed by atoms with Gasteiger partial charge in [-0.2, -0.15) is 5.10 Å². The lowest BCUT2D eigenvalue weighted by Gasteiger charge is -2.35. The molecule has 180 valence electrons. The van der Waals surface area contributed by atoms with Gasteiger partial charge >= 0.3 is 6.36 Å². The van der Waals surface area contributed by atoms with E-state index in [1.807, 2.05) is 6.20 Å². The number of halogens is 5. The molecule has 2 fully saturated rings. The number of hydrogen-bond acceptors (Lipinski definition) is 5. The second-order valence-corrected chi connectivity index (χ2v) is 8.57. The van der Waals surface area contributed by atoms with E-state index in [1.165, 1.54) is 12.1 Å². The second-order valence-electron chi connectivity index (χ2n) is 8.16. The van der Waals surface area contributed by atoms with Crippen molar-refractivity contribution in [2.45, 2.75) is 50.3 Å². The number of aromatic nitrogens is 2. The number of hydrogen-bond donors (Lipinski definition) is 1. The van der Waals surface area contributed by atoms with Crippen molar-refractivity contribution in [1.82, 2.24) is 15.1 Å². The molecule has 0 spiro atoms. The molecule has 0 bridgehead atoms. The minimum Gasteiger partial charge on any atom is -0.369 e. The fraction of sp³-hybridized carbons (Fsp3) is 0.524. The zero-order valence-corrected chi connectivity index (χ0v) is 18.3. The first kappa shape index (κ1) is 23.8. The zero-order chi connectivity index (χ0) is 23.6. The van der Waals surface area contributed by atoms with E-state index >= 15 is 0 Å². The Bertz CT molecular complexity index is 973. The van der Waals surface area contributed by atoms with Gasteiger partial charge in [0.05, 0.1) is 41.0 Å². The number of alkyl halides is 3. The molecule has 7 nitrogen and oxygen atoms in total. The number of carbonyl (C=O) groups excluding carboxylic acids is 1. The van der Waals surface area contributed by atoms with Gasteiger partial charge in [0.1, 0.15) is 12.4 Å². The minimum atomic E-state index is -4.64.